The Hall–Kier alpha value is 1.39. The number of hydrogen-bond acceptors (Lipinski definition) is 1. The van der Waals surface area contributed by atoms with Gasteiger partial charge in [0.25, 0.3) is 0 Å². The molecule has 0 bridgehead atoms. The quantitative estimate of drug-likeness (QED) is 0.482. The van der Waals surface area contributed by atoms with E-state index in [0.717, 1.165) is 6.61 Å². The molecule has 0 aliphatic rings. The van der Waals surface area contributed by atoms with Gasteiger partial charge in [-0.2, -0.15) is 0 Å². The van der Waals surface area contributed by atoms with Crippen LogP contribution in [0.4, 0.5) is 0 Å². The molecule has 0 unspecified atom stereocenters. The van der Waals surface area contributed by atoms with Crippen molar-refractivity contribution in [2.75, 3.05) is 6.61 Å². The predicted octanol–water partition coefficient (Wildman–Crippen LogP) is 0.482. The van der Waals surface area contributed by atoms with Gasteiger partial charge in [0.2, 0.25) is 0 Å². The van der Waals surface area contributed by atoms with E-state index in [1.54, 1.807) is 20.8 Å². The Morgan fingerprint density at radius 3 is 2.00 bits per heavy atom. The van der Waals surface area contributed by atoms with Crippen LogP contribution in [-0.2, 0) is 45.9 Å². The molecule has 0 aromatic carbocycles. The fourth-order valence-electron chi connectivity index (χ4n) is 0. The molecular weight excluding hydrogens is 136 g/mol. The molecule has 0 amide bonds. The number of hydrogen-bond donors (Lipinski definition) is 0. The fraction of sp³-hybridized carbons (Fsp3) is 1.00. The van der Waals surface area contributed by atoms with Crippen LogP contribution in [0, 0.1) is 0 Å². The van der Waals surface area contributed by atoms with Gasteiger partial charge in [0.1, 0.15) is 0 Å². The third kappa shape index (κ3) is 10.8. The number of rotatable bonds is 1. The Kier molecular flexibility index (Phi) is 17.4. The summed E-state index contributed by atoms with van der Waals surface area (Å²) in [5.74, 6) is 0. The van der Waals surface area contributed by atoms with Crippen molar-refractivity contribution in [2.24, 2.45) is 0 Å². The van der Waals surface area contributed by atoms with Crippen LogP contribution in [0.5, 0.6) is 0 Å². The second-order valence-corrected chi connectivity index (χ2v) is 0.884. The minimum Gasteiger partial charge on any atom is 0 e. The first-order valence-electron chi connectivity index (χ1n) is 1.20. The normalized spacial score (nSPS) is 5.60. The molecule has 0 aromatic rings. The Morgan fingerprint density at radius 1 is 1.80 bits per heavy atom. The molecular formula is C2H5OTi2. The zero-order chi connectivity index (χ0) is 3.41. The van der Waals surface area contributed by atoms with Crippen LogP contribution in [0.1, 0.15) is 6.92 Å². The average molecular weight is 141 g/mol. The molecule has 0 atom stereocenters. The maximum Gasteiger partial charge on any atom is 0 e. The maximum absolute atomic E-state index is 4.54. The molecule has 0 radical (unpaired) electrons. The second kappa shape index (κ2) is 9.04. The first-order valence-corrected chi connectivity index (χ1v) is 1.84. The van der Waals surface area contributed by atoms with E-state index in [-0.39, 0.29) is 21.7 Å². The van der Waals surface area contributed by atoms with Gasteiger partial charge in [0, 0.05) is 21.7 Å². The molecule has 0 saturated heterocycles. The van der Waals surface area contributed by atoms with Crippen molar-refractivity contribution >= 4 is 0 Å². The summed E-state index contributed by atoms with van der Waals surface area (Å²) >= 11 is 1.68. The molecule has 0 heterocycles. The summed E-state index contributed by atoms with van der Waals surface area (Å²) < 4.78 is 4.54. The van der Waals surface area contributed by atoms with Crippen molar-refractivity contribution in [3.63, 3.8) is 0 Å². The molecule has 1 nitrogen and oxygen atoms in total. The summed E-state index contributed by atoms with van der Waals surface area (Å²) in [6, 6.07) is 0. The van der Waals surface area contributed by atoms with Crippen LogP contribution in [0.15, 0.2) is 0 Å². The second-order valence-electron chi connectivity index (χ2n) is 0.433. The van der Waals surface area contributed by atoms with Crippen molar-refractivity contribution in [3.05, 3.63) is 0 Å². The van der Waals surface area contributed by atoms with Gasteiger partial charge in [-0.1, -0.05) is 0 Å². The fourth-order valence-corrected chi connectivity index (χ4v) is 0. The Morgan fingerprint density at radius 2 is 2.00 bits per heavy atom. The third-order valence-electron chi connectivity index (χ3n) is 0.144. The Labute approximate surface area is 59.2 Å². The predicted molar refractivity (Wildman–Crippen MR) is 11.6 cm³/mol. The zero-order valence-electron chi connectivity index (χ0n) is 3.12. The molecule has 0 aliphatic carbocycles. The first-order chi connectivity index (χ1) is 1.91. The van der Waals surface area contributed by atoms with Crippen molar-refractivity contribution in [2.45, 2.75) is 6.92 Å². The van der Waals surface area contributed by atoms with Crippen LogP contribution in [0.3, 0.4) is 0 Å². The third-order valence-corrected chi connectivity index (χ3v) is 0.595. The Balaban J connectivity index is 0. The minimum absolute atomic E-state index is 0. The smallest absolute Gasteiger partial charge is 0 e. The topological polar surface area (TPSA) is 9.23 Å². The average Bonchev–Trinajstić information content (AvgIpc) is 1.37. The van der Waals surface area contributed by atoms with E-state index >= 15 is 0 Å². The largest absolute Gasteiger partial charge is 0 e. The molecule has 0 spiro atoms. The van der Waals surface area contributed by atoms with Crippen molar-refractivity contribution in [1.29, 1.82) is 0 Å². The van der Waals surface area contributed by atoms with Crippen LogP contribution in [0.2, 0.25) is 0 Å². The van der Waals surface area contributed by atoms with Gasteiger partial charge in [0.05, 0.1) is 0 Å². The molecule has 0 fully saturated rings. The SMILES string of the molecule is CC[O][Ti].[Ti]. The summed E-state index contributed by atoms with van der Waals surface area (Å²) in [6.07, 6.45) is 0. The van der Waals surface area contributed by atoms with Crippen LogP contribution >= 0.6 is 0 Å². The van der Waals surface area contributed by atoms with Gasteiger partial charge in [-0.25, -0.2) is 0 Å². The van der Waals surface area contributed by atoms with Crippen LogP contribution in [0.25, 0.3) is 0 Å². The molecule has 5 heavy (non-hydrogen) atoms. The van der Waals surface area contributed by atoms with E-state index in [1.807, 2.05) is 6.92 Å². The van der Waals surface area contributed by atoms with E-state index < -0.39 is 0 Å². The molecule has 27 valence electrons. The Bertz CT molecular complexity index is 9.61. The van der Waals surface area contributed by atoms with Crippen molar-refractivity contribution in [1.82, 2.24) is 0 Å². The van der Waals surface area contributed by atoms with Crippen molar-refractivity contribution in [3.8, 4) is 0 Å². The van der Waals surface area contributed by atoms with Crippen LogP contribution < -0.4 is 0 Å². The summed E-state index contributed by atoms with van der Waals surface area (Å²) in [4.78, 5) is 0. The summed E-state index contributed by atoms with van der Waals surface area (Å²) in [5.41, 5.74) is 0. The summed E-state index contributed by atoms with van der Waals surface area (Å²) in [7, 11) is 0. The van der Waals surface area contributed by atoms with E-state index in [4.69, 9.17) is 0 Å². The maximum atomic E-state index is 4.54. The van der Waals surface area contributed by atoms with E-state index in [2.05, 4.69) is 3.32 Å². The van der Waals surface area contributed by atoms with Gasteiger partial charge < -0.3 is 0 Å². The molecule has 0 aliphatic heterocycles. The molecule has 3 heteroatoms. The monoisotopic (exact) mass is 141 g/mol. The molecule has 0 aromatic heterocycles. The van der Waals surface area contributed by atoms with Gasteiger partial charge in [-0.15, -0.1) is 0 Å². The van der Waals surface area contributed by atoms with Gasteiger partial charge in [0.15, 0.2) is 0 Å². The first kappa shape index (κ1) is 9.63. The van der Waals surface area contributed by atoms with Gasteiger partial charge in [-0.05, 0) is 0 Å². The van der Waals surface area contributed by atoms with Gasteiger partial charge >= 0.3 is 37.7 Å². The van der Waals surface area contributed by atoms with Gasteiger partial charge in [-0.3, -0.25) is 0 Å². The molecule has 0 N–H and O–H groups in total. The molecule has 0 saturated carbocycles. The summed E-state index contributed by atoms with van der Waals surface area (Å²) in [5, 5.41) is 0. The van der Waals surface area contributed by atoms with E-state index in [1.165, 1.54) is 0 Å². The van der Waals surface area contributed by atoms with Crippen LogP contribution in [-0.4, -0.2) is 6.61 Å². The van der Waals surface area contributed by atoms with Crippen molar-refractivity contribution < 1.29 is 45.9 Å². The summed E-state index contributed by atoms with van der Waals surface area (Å²) in [6.45, 7) is 2.78. The van der Waals surface area contributed by atoms with E-state index in [9.17, 15) is 0 Å². The zero-order valence-corrected chi connectivity index (χ0v) is 6.24. The molecule has 0 rings (SSSR count). The minimum atomic E-state index is 0. The standard InChI is InChI=1S/C2H5O.2Ti/c1-2-3;;/h2H2,1H3;;/q-1;;+1. The van der Waals surface area contributed by atoms with E-state index in [0.29, 0.717) is 0 Å².